The molecule has 3 heterocycles. The van der Waals surface area contributed by atoms with E-state index in [2.05, 4.69) is 22.1 Å². The van der Waals surface area contributed by atoms with Gasteiger partial charge in [-0.25, -0.2) is 4.98 Å². The van der Waals surface area contributed by atoms with Crippen LogP contribution >= 0.6 is 11.3 Å². The summed E-state index contributed by atoms with van der Waals surface area (Å²) in [6, 6.07) is 0. The lowest BCUT2D eigenvalue weighted by Gasteiger charge is -2.39. The summed E-state index contributed by atoms with van der Waals surface area (Å²) in [7, 11) is 1.64. The maximum Gasteiger partial charge on any atom is 0.248 e. The molecule has 1 N–H and O–H groups in total. The molecule has 1 aromatic rings. The van der Waals surface area contributed by atoms with E-state index >= 15 is 0 Å². The van der Waals surface area contributed by atoms with Crippen LogP contribution in [-0.4, -0.2) is 60.8 Å². The van der Waals surface area contributed by atoms with Crippen LogP contribution in [0.3, 0.4) is 0 Å². The Morgan fingerprint density at radius 1 is 1.55 bits per heavy atom. The molecule has 2 saturated heterocycles. The SMILES string of the molecule is CNC(=O)C1CC2(CO1)CN(Cc1sc(C)nc1C)CCO2. The number of nitrogens with one attached hydrogen (secondary N) is 1. The Balaban J connectivity index is 1.65. The van der Waals surface area contributed by atoms with Crippen molar-refractivity contribution in [3.05, 3.63) is 15.6 Å². The fourth-order valence-corrected chi connectivity index (χ4v) is 4.21. The van der Waals surface area contributed by atoms with Gasteiger partial charge in [-0.2, -0.15) is 0 Å². The van der Waals surface area contributed by atoms with Gasteiger partial charge in [0.15, 0.2) is 0 Å². The van der Waals surface area contributed by atoms with Crippen LogP contribution in [0, 0.1) is 13.8 Å². The first-order valence-corrected chi connectivity index (χ1v) is 8.45. The molecule has 1 amide bonds. The monoisotopic (exact) mass is 325 g/mol. The minimum Gasteiger partial charge on any atom is -0.370 e. The van der Waals surface area contributed by atoms with Crippen LogP contribution in [0.25, 0.3) is 0 Å². The molecular weight excluding hydrogens is 302 g/mol. The summed E-state index contributed by atoms with van der Waals surface area (Å²) in [4.78, 5) is 19.9. The van der Waals surface area contributed by atoms with Gasteiger partial charge in [0.2, 0.25) is 5.91 Å². The number of ether oxygens (including phenoxy) is 2. The molecule has 122 valence electrons. The fourth-order valence-electron chi connectivity index (χ4n) is 3.23. The molecule has 1 spiro atoms. The second-order valence-corrected chi connectivity index (χ2v) is 7.39. The largest absolute Gasteiger partial charge is 0.370 e. The van der Waals surface area contributed by atoms with Crippen molar-refractivity contribution in [3.63, 3.8) is 0 Å². The van der Waals surface area contributed by atoms with Gasteiger partial charge in [-0.15, -0.1) is 11.3 Å². The van der Waals surface area contributed by atoms with Crippen LogP contribution in [0.4, 0.5) is 0 Å². The molecule has 1 aromatic heterocycles. The van der Waals surface area contributed by atoms with Crippen LogP contribution in [-0.2, 0) is 20.8 Å². The average Bonchev–Trinajstić information content (AvgIpc) is 3.02. The summed E-state index contributed by atoms with van der Waals surface area (Å²) >= 11 is 1.76. The number of likely N-dealkylation sites (N-methyl/N-ethyl adjacent to an activating group) is 1. The van der Waals surface area contributed by atoms with E-state index in [1.54, 1.807) is 18.4 Å². The predicted molar refractivity (Wildman–Crippen MR) is 84.0 cm³/mol. The summed E-state index contributed by atoms with van der Waals surface area (Å²) in [5.74, 6) is -0.0634. The maximum atomic E-state index is 11.7. The summed E-state index contributed by atoms with van der Waals surface area (Å²) in [6.45, 7) is 7.88. The molecule has 7 heteroatoms. The molecule has 3 rings (SSSR count). The zero-order chi connectivity index (χ0) is 15.7. The number of hydrogen-bond donors (Lipinski definition) is 1. The smallest absolute Gasteiger partial charge is 0.248 e. The molecule has 0 aliphatic carbocycles. The molecule has 2 atom stereocenters. The summed E-state index contributed by atoms with van der Waals surface area (Å²) in [5, 5.41) is 3.76. The van der Waals surface area contributed by atoms with Gasteiger partial charge in [-0.1, -0.05) is 0 Å². The molecule has 0 aromatic carbocycles. The highest BCUT2D eigenvalue weighted by molar-refractivity contribution is 7.11. The first-order valence-electron chi connectivity index (χ1n) is 7.64. The first-order chi connectivity index (χ1) is 10.5. The van der Waals surface area contributed by atoms with Gasteiger partial charge in [0.05, 0.1) is 23.9 Å². The standard InChI is InChI=1S/C15H23N3O3S/c1-10-13(22-11(2)17-10)7-18-4-5-21-15(8-18)6-12(20-9-15)14(19)16-3/h12H,4-9H2,1-3H3,(H,16,19). The molecule has 2 fully saturated rings. The van der Waals surface area contributed by atoms with Crippen molar-refractivity contribution >= 4 is 17.2 Å². The average molecular weight is 325 g/mol. The van der Waals surface area contributed by atoms with Gasteiger partial charge in [0, 0.05) is 38.0 Å². The van der Waals surface area contributed by atoms with E-state index in [-0.39, 0.29) is 11.5 Å². The van der Waals surface area contributed by atoms with E-state index in [9.17, 15) is 4.79 Å². The molecule has 0 bridgehead atoms. The van der Waals surface area contributed by atoms with Crippen molar-refractivity contribution in [2.45, 2.75) is 38.5 Å². The van der Waals surface area contributed by atoms with Gasteiger partial charge < -0.3 is 14.8 Å². The molecule has 22 heavy (non-hydrogen) atoms. The van der Waals surface area contributed by atoms with E-state index in [1.165, 1.54) is 4.88 Å². The van der Waals surface area contributed by atoms with Crippen LogP contribution in [0.1, 0.15) is 22.0 Å². The third kappa shape index (κ3) is 3.17. The number of carbonyl (C=O) groups is 1. The van der Waals surface area contributed by atoms with Crippen LogP contribution in [0.5, 0.6) is 0 Å². The normalized spacial score (nSPS) is 29.1. The lowest BCUT2D eigenvalue weighted by atomic mass is 9.97. The zero-order valence-corrected chi connectivity index (χ0v) is 14.2. The number of hydrogen-bond acceptors (Lipinski definition) is 6. The van der Waals surface area contributed by atoms with Crippen LogP contribution in [0.15, 0.2) is 0 Å². The number of nitrogens with zero attached hydrogens (tertiary/aromatic N) is 2. The molecule has 0 saturated carbocycles. The first kappa shape index (κ1) is 15.9. The Labute approximate surface area is 134 Å². The van der Waals surface area contributed by atoms with Crippen molar-refractivity contribution in [3.8, 4) is 0 Å². The second-order valence-electron chi connectivity index (χ2n) is 6.10. The molecule has 2 aliphatic heterocycles. The Kier molecular flexibility index (Phi) is 4.49. The predicted octanol–water partition coefficient (Wildman–Crippen LogP) is 0.866. The number of rotatable bonds is 3. The highest BCUT2D eigenvalue weighted by Crippen LogP contribution is 2.32. The van der Waals surface area contributed by atoms with Crippen molar-refractivity contribution < 1.29 is 14.3 Å². The van der Waals surface area contributed by atoms with E-state index in [4.69, 9.17) is 9.47 Å². The lowest BCUT2D eigenvalue weighted by Crippen LogP contribution is -2.52. The van der Waals surface area contributed by atoms with Gasteiger partial charge in [-0.05, 0) is 13.8 Å². The summed E-state index contributed by atoms with van der Waals surface area (Å²) in [5.41, 5.74) is 0.775. The van der Waals surface area contributed by atoms with Crippen molar-refractivity contribution in [1.29, 1.82) is 0 Å². The van der Waals surface area contributed by atoms with Crippen molar-refractivity contribution in [2.24, 2.45) is 0 Å². The number of aryl methyl sites for hydroxylation is 2. The van der Waals surface area contributed by atoms with Crippen molar-refractivity contribution in [2.75, 3.05) is 33.4 Å². The van der Waals surface area contributed by atoms with Gasteiger partial charge in [-0.3, -0.25) is 9.69 Å². The van der Waals surface area contributed by atoms with Gasteiger partial charge in [0.1, 0.15) is 11.7 Å². The van der Waals surface area contributed by atoms with E-state index in [0.717, 1.165) is 30.3 Å². The molecule has 2 unspecified atom stereocenters. The molecule has 0 radical (unpaired) electrons. The highest BCUT2D eigenvalue weighted by Gasteiger charge is 2.46. The molecule has 2 aliphatic rings. The Hall–Kier alpha value is -1.02. The van der Waals surface area contributed by atoms with Crippen molar-refractivity contribution in [1.82, 2.24) is 15.2 Å². The van der Waals surface area contributed by atoms with Gasteiger partial charge in [0.25, 0.3) is 0 Å². The van der Waals surface area contributed by atoms with E-state index in [0.29, 0.717) is 19.6 Å². The van der Waals surface area contributed by atoms with Gasteiger partial charge >= 0.3 is 0 Å². The minimum absolute atomic E-state index is 0.0634. The molecule has 6 nitrogen and oxygen atoms in total. The lowest BCUT2D eigenvalue weighted by molar-refractivity contribution is -0.129. The molecular formula is C15H23N3O3S. The second kappa shape index (κ2) is 6.23. The number of thiazole rings is 1. The highest BCUT2D eigenvalue weighted by atomic mass is 32.1. The quantitative estimate of drug-likeness (QED) is 0.893. The Morgan fingerprint density at radius 2 is 2.36 bits per heavy atom. The fraction of sp³-hybridized carbons (Fsp3) is 0.733. The summed E-state index contributed by atoms with van der Waals surface area (Å²) in [6.07, 6.45) is 0.237. The topological polar surface area (TPSA) is 63.7 Å². The number of carbonyl (C=O) groups excluding carboxylic acids is 1. The summed E-state index contributed by atoms with van der Waals surface area (Å²) < 4.78 is 11.6. The Morgan fingerprint density at radius 3 is 3.05 bits per heavy atom. The Bertz CT molecular complexity index is 562. The zero-order valence-electron chi connectivity index (χ0n) is 13.3. The third-order valence-electron chi connectivity index (χ3n) is 4.34. The van der Waals surface area contributed by atoms with E-state index in [1.807, 2.05) is 6.92 Å². The number of morpholine rings is 1. The van der Waals surface area contributed by atoms with Crippen LogP contribution < -0.4 is 5.32 Å². The maximum absolute atomic E-state index is 11.7. The van der Waals surface area contributed by atoms with Crippen LogP contribution in [0.2, 0.25) is 0 Å². The minimum atomic E-state index is -0.391. The number of aromatic nitrogens is 1. The third-order valence-corrected chi connectivity index (χ3v) is 5.40. The number of amides is 1. The van der Waals surface area contributed by atoms with E-state index < -0.39 is 6.10 Å².